The number of halogens is 3. The summed E-state index contributed by atoms with van der Waals surface area (Å²) in [5, 5.41) is 0.0902. The number of aromatic nitrogens is 2. The first-order valence-corrected chi connectivity index (χ1v) is 4.34. The molecule has 0 spiro atoms. The van der Waals surface area contributed by atoms with E-state index in [0.717, 1.165) is 0 Å². The highest BCUT2D eigenvalue weighted by Crippen LogP contribution is 2.21. The molecule has 0 aromatic carbocycles. The molecule has 0 N–H and O–H groups in total. The highest BCUT2D eigenvalue weighted by Gasteiger charge is 2.07. The van der Waals surface area contributed by atoms with E-state index < -0.39 is 5.95 Å². The van der Waals surface area contributed by atoms with Gasteiger partial charge in [-0.15, -0.1) is 0 Å². The van der Waals surface area contributed by atoms with Crippen molar-refractivity contribution >= 4 is 33.0 Å². The first kappa shape index (κ1) is 8.01. The molecule has 0 aliphatic rings. The van der Waals surface area contributed by atoms with Gasteiger partial charge in [0.1, 0.15) is 10.9 Å². The third kappa shape index (κ3) is 1.03. The van der Waals surface area contributed by atoms with E-state index in [1.807, 2.05) is 0 Å². The average molecular weight is 249 g/mol. The van der Waals surface area contributed by atoms with E-state index in [1.165, 1.54) is 16.8 Å². The Hall–Kier alpha value is -0.610. The molecule has 2 rings (SSSR count). The Morgan fingerprint density at radius 2 is 2.25 bits per heavy atom. The zero-order valence-corrected chi connectivity index (χ0v) is 8.10. The predicted molar refractivity (Wildman–Crippen MR) is 47.9 cm³/mol. The van der Waals surface area contributed by atoms with Crippen molar-refractivity contribution < 1.29 is 4.39 Å². The molecule has 0 bridgehead atoms. The maximum Gasteiger partial charge on any atom is 0.218 e. The highest BCUT2D eigenvalue weighted by molar-refractivity contribution is 9.10. The van der Waals surface area contributed by atoms with E-state index in [-0.39, 0.29) is 5.02 Å². The van der Waals surface area contributed by atoms with Gasteiger partial charge in [0.25, 0.3) is 0 Å². The summed E-state index contributed by atoms with van der Waals surface area (Å²) in [4.78, 5) is 3.88. The summed E-state index contributed by atoms with van der Waals surface area (Å²) in [6.07, 6.45) is 1.38. The van der Waals surface area contributed by atoms with Gasteiger partial charge >= 0.3 is 0 Å². The van der Waals surface area contributed by atoms with E-state index in [9.17, 15) is 4.39 Å². The Balaban J connectivity index is 2.93. The molecule has 0 saturated carbocycles. The van der Waals surface area contributed by atoms with E-state index >= 15 is 0 Å². The SMILES string of the molecule is Fc1c(Cl)ccc2c(Br)ncn12. The van der Waals surface area contributed by atoms with Crippen LogP contribution in [0.15, 0.2) is 23.1 Å². The number of pyridine rings is 1. The normalized spacial score (nSPS) is 10.9. The summed E-state index contributed by atoms with van der Waals surface area (Å²) in [7, 11) is 0. The van der Waals surface area contributed by atoms with Crippen LogP contribution in [0, 0.1) is 5.95 Å². The van der Waals surface area contributed by atoms with Gasteiger partial charge in [0.05, 0.1) is 10.5 Å². The quantitative estimate of drug-likeness (QED) is 0.656. The molecule has 2 heterocycles. The maximum absolute atomic E-state index is 13.2. The molecule has 0 saturated heterocycles. The second-order valence-electron chi connectivity index (χ2n) is 2.26. The van der Waals surface area contributed by atoms with Gasteiger partial charge in [-0.3, -0.25) is 4.40 Å². The summed E-state index contributed by atoms with van der Waals surface area (Å²) >= 11 is 8.74. The van der Waals surface area contributed by atoms with Crippen LogP contribution < -0.4 is 0 Å². The second-order valence-corrected chi connectivity index (χ2v) is 3.42. The maximum atomic E-state index is 13.2. The van der Waals surface area contributed by atoms with E-state index in [1.54, 1.807) is 6.07 Å². The molecule has 2 nitrogen and oxygen atoms in total. The van der Waals surface area contributed by atoms with Gasteiger partial charge in [0, 0.05) is 0 Å². The fourth-order valence-corrected chi connectivity index (χ4v) is 1.55. The number of fused-ring (bicyclic) bond motifs is 1. The standard InChI is InChI=1S/C7H3BrClFN2/c8-6-5-2-1-4(9)7(10)12(5)3-11-6/h1-3H. The van der Waals surface area contributed by atoms with Crippen LogP contribution in [0.25, 0.3) is 5.52 Å². The second kappa shape index (κ2) is 2.71. The average Bonchev–Trinajstić information content (AvgIpc) is 2.41. The molecule has 0 unspecified atom stereocenters. The van der Waals surface area contributed by atoms with Crippen molar-refractivity contribution in [2.45, 2.75) is 0 Å². The summed E-state index contributed by atoms with van der Waals surface area (Å²) in [6.45, 7) is 0. The van der Waals surface area contributed by atoms with Crippen LogP contribution in [0.1, 0.15) is 0 Å². The smallest absolute Gasteiger partial charge is 0.218 e. The molecular weight excluding hydrogens is 246 g/mol. The van der Waals surface area contributed by atoms with E-state index in [4.69, 9.17) is 11.6 Å². The molecule has 0 aliphatic heterocycles. The van der Waals surface area contributed by atoms with E-state index in [0.29, 0.717) is 10.1 Å². The summed E-state index contributed by atoms with van der Waals surface area (Å²) in [5.74, 6) is -0.493. The Kier molecular flexibility index (Phi) is 1.81. The lowest BCUT2D eigenvalue weighted by molar-refractivity contribution is 0.567. The van der Waals surface area contributed by atoms with E-state index in [2.05, 4.69) is 20.9 Å². The molecule has 5 heteroatoms. The van der Waals surface area contributed by atoms with Gasteiger partial charge in [-0.2, -0.15) is 4.39 Å². The summed E-state index contributed by atoms with van der Waals surface area (Å²) in [6, 6.07) is 3.20. The molecule has 0 aliphatic carbocycles. The highest BCUT2D eigenvalue weighted by atomic mass is 79.9. The number of rotatable bonds is 0. The Morgan fingerprint density at radius 3 is 3.00 bits per heavy atom. The van der Waals surface area contributed by atoms with Gasteiger partial charge in [-0.25, -0.2) is 4.98 Å². The van der Waals surface area contributed by atoms with Crippen LogP contribution in [0.2, 0.25) is 5.02 Å². The monoisotopic (exact) mass is 248 g/mol. The van der Waals surface area contributed by atoms with Gasteiger partial charge in [0.2, 0.25) is 5.95 Å². The molecule has 0 fully saturated rings. The minimum atomic E-state index is -0.493. The molecule has 0 radical (unpaired) electrons. The Morgan fingerprint density at radius 1 is 1.50 bits per heavy atom. The minimum Gasteiger partial charge on any atom is -0.273 e. The molecule has 12 heavy (non-hydrogen) atoms. The van der Waals surface area contributed by atoms with Crippen LogP contribution in [-0.2, 0) is 0 Å². The molecule has 0 atom stereocenters. The zero-order chi connectivity index (χ0) is 8.72. The Labute approximate surface area is 81.1 Å². The Bertz CT molecular complexity index is 440. The van der Waals surface area contributed by atoms with Crippen LogP contribution in [0.5, 0.6) is 0 Å². The largest absolute Gasteiger partial charge is 0.273 e. The van der Waals surface area contributed by atoms with Crippen molar-refractivity contribution in [2.24, 2.45) is 0 Å². The molecule has 2 aromatic heterocycles. The zero-order valence-electron chi connectivity index (χ0n) is 5.76. The third-order valence-electron chi connectivity index (χ3n) is 1.55. The van der Waals surface area contributed by atoms with Crippen molar-refractivity contribution in [3.05, 3.63) is 34.0 Å². The fraction of sp³-hybridized carbons (Fsp3) is 0. The third-order valence-corrected chi connectivity index (χ3v) is 2.45. The topological polar surface area (TPSA) is 17.3 Å². The number of nitrogens with zero attached hydrogens (tertiary/aromatic N) is 2. The lowest BCUT2D eigenvalue weighted by atomic mass is 10.4. The van der Waals surface area contributed by atoms with Crippen LogP contribution in [0.3, 0.4) is 0 Å². The van der Waals surface area contributed by atoms with Crippen molar-refractivity contribution in [1.29, 1.82) is 0 Å². The fourth-order valence-electron chi connectivity index (χ4n) is 0.978. The van der Waals surface area contributed by atoms with Gasteiger partial charge < -0.3 is 0 Å². The van der Waals surface area contributed by atoms with Crippen molar-refractivity contribution in [3.63, 3.8) is 0 Å². The lowest BCUT2D eigenvalue weighted by Crippen LogP contribution is -1.90. The number of imidazole rings is 1. The number of hydrogen-bond acceptors (Lipinski definition) is 1. The first-order chi connectivity index (χ1) is 5.70. The van der Waals surface area contributed by atoms with Gasteiger partial charge in [-0.05, 0) is 28.1 Å². The van der Waals surface area contributed by atoms with Crippen LogP contribution in [0.4, 0.5) is 4.39 Å². The molecule has 2 aromatic rings. The summed E-state index contributed by atoms with van der Waals surface area (Å²) in [5.41, 5.74) is 0.664. The first-order valence-electron chi connectivity index (χ1n) is 3.16. The molecular formula is C7H3BrClFN2. The van der Waals surface area contributed by atoms with Crippen LogP contribution in [-0.4, -0.2) is 9.38 Å². The summed E-state index contributed by atoms with van der Waals surface area (Å²) < 4.78 is 15.1. The molecule has 62 valence electrons. The lowest BCUT2D eigenvalue weighted by Gasteiger charge is -1.97. The predicted octanol–water partition coefficient (Wildman–Crippen LogP) is 2.89. The van der Waals surface area contributed by atoms with Crippen molar-refractivity contribution in [1.82, 2.24) is 9.38 Å². The van der Waals surface area contributed by atoms with Crippen molar-refractivity contribution in [2.75, 3.05) is 0 Å². The number of hydrogen-bond donors (Lipinski definition) is 0. The van der Waals surface area contributed by atoms with Gasteiger partial charge in [0.15, 0.2) is 0 Å². The molecule has 0 amide bonds. The van der Waals surface area contributed by atoms with Crippen LogP contribution >= 0.6 is 27.5 Å². The van der Waals surface area contributed by atoms with Gasteiger partial charge in [-0.1, -0.05) is 11.6 Å². The minimum absolute atomic E-state index is 0.0902. The van der Waals surface area contributed by atoms with Crippen molar-refractivity contribution in [3.8, 4) is 0 Å².